The topological polar surface area (TPSA) is 76.1 Å². The molecule has 6 heteroatoms. The second kappa shape index (κ2) is 4.76. The molecular formula is C12H21NO5. The monoisotopic (exact) mass is 259 g/mol. The summed E-state index contributed by atoms with van der Waals surface area (Å²) in [5.41, 5.74) is -1.94. The summed E-state index contributed by atoms with van der Waals surface area (Å²) in [7, 11) is 1.45. The average molecular weight is 259 g/mol. The number of ether oxygens (including phenoxy) is 2. The normalized spacial score (nSPS) is 28.3. The molecule has 1 fully saturated rings. The van der Waals surface area contributed by atoms with Gasteiger partial charge in [-0.25, -0.2) is 9.59 Å². The van der Waals surface area contributed by atoms with Gasteiger partial charge in [0.2, 0.25) is 0 Å². The summed E-state index contributed by atoms with van der Waals surface area (Å²) in [4.78, 5) is 24.7. The van der Waals surface area contributed by atoms with Crippen LogP contribution in [0.5, 0.6) is 0 Å². The standard InChI is InChI=1S/C12H21NO5/c1-11(2,3)18-10(16)13-8(17-5)6-7-12(13,4)9(14)15/h8H,6-7H2,1-5H3,(H,14,15)/t8?,12-/m1/s1. The maximum Gasteiger partial charge on any atom is 0.413 e. The number of amides is 1. The summed E-state index contributed by atoms with van der Waals surface area (Å²) in [6.07, 6.45) is -0.378. The molecule has 1 rings (SSSR count). The van der Waals surface area contributed by atoms with E-state index in [0.29, 0.717) is 12.8 Å². The maximum absolute atomic E-state index is 12.1. The molecule has 0 aromatic rings. The van der Waals surface area contributed by atoms with Gasteiger partial charge in [-0.2, -0.15) is 0 Å². The quantitative estimate of drug-likeness (QED) is 0.818. The van der Waals surface area contributed by atoms with Crippen LogP contribution in [0.15, 0.2) is 0 Å². The Morgan fingerprint density at radius 2 is 1.94 bits per heavy atom. The zero-order valence-corrected chi connectivity index (χ0v) is 11.5. The second-order valence-corrected chi connectivity index (χ2v) is 5.66. The van der Waals surface area contributed by atoms with E-state index < -0.39 is 29.4 Å². The summed E-state index contributed by atoms with van der Waals surface area (Å²) < 4.78 is 10.4. The van der Waals surface area contributed by atoms with Gasteiger partial charge < -0.3 is 14.6 Å². The second-order valence-electron chi connectivity index (χ2n) is 5.66. The van der Waals surface area contributed by atoms with Crippen LogP contribution in [-0.2, 0) is 14.3 Å². The first-order valence-corrected chi connectivity index (χ1v) is 5.90. The summed E-state index contributed by atoms with van der Waals surface area (Å²) in [5.74, 6) is -1.05. The van der Waals surface area contributed by atoms with Crippen LogP contribution < -0.4 is 0 Å². The summed E-state index contributed by atoms with van der Waals surface area (Å²) in [6, 6.07) is 0. The molecule has 0 spiro atoms. The Balaban J connectivity index is 2.99. The molecule has 18 heavy (non-hydrogen) atoms. The Labute approximate surface area is 107 Å². The third-order valence-electron chi connectivity index (χ3n) is 3.02. The number of aliphatic carboxylic acids is 1. The van der Waals surface area contributed by atoms with E-state index in [4.69, 9.17) is 9.47 Å². The van der Waals surface area contributed by atoms with Gasteiger partial charge in [0.1, 0.15) is 17.4 Å². The SMILES string of the molecule is COC1CC[C@](C)(C(=O)O)N1C(=O)OC(C)(C)C. The molecule has 6 nitrogen and oxygen atoms in total. The summed E-state index contributed by atoms with van der Waals surface area (Å²) in [5, 5.41) is 9.30. The van der Waals surface area contributed by atoms with Crippen LogP contribution in [0.4, 0.5) is 4.79 Å². The number of carboxylic acid groups (broad SMARTS) is 1. The average Bonchev–Trinajstić information content (AvgIpc) is 2.54. The zero-order chi connectivity index (χ0) is 14.1. The minimum absolute atomic E-state index is 0.347. The number of methoxy groups -OCH3 is 1. The predicted molar refractivity (Wildman–Crippen MR) is 64.1 cm³/mol. The molecule has 1 amide bonds. The van der Waals surface area contributed by atoms with Crippen molar-refractivity contribution in [3.05, 3.63) is 0 Å². The molecule has 0 saturated carbocycles. The van der Waals surface area contributed by atoms with Crippen LogP contribution in [0, 0.1) is 0 Å². The largest absolute Gasteiger partial charge is 0.480 e. The van der Waals surface area contributed by atoms with E-state index in [-0.39, 0.29) is 0 Å². The molecule has 1 saturated heterocycles. The fraction of sp³-hybridized carbons (Fsp3) is 0.833. The number of carboxylic acids is 1. The summed E-state index contributed by atoms with van der Waals surface area (Å²) >= 11 is 0. The molecule has 2 atom stereocenters. The molecule has 0 radical (unpaired) electrons. The Hall–Kier alpha value is -1.30. The number of hydrogen-bond acceptors (Lipinski definition) is 4. The molecular weight excluding hydrogens is 238 g/mol. The number of rotatable bonds is 2. The molecule has 1 aliphatic heterocycles. The molecule has 0 bridgehead atoms. The fourth-order valence-electron chi connectivity index (χ4n) is 2.04. The van der Waals surface area contributed by atoms with E-state index in [0.717, 1.165) is 0 Å². The molecule has 0 aromatic carbocycles. The van der Waals surface area contributed by atoms with E-state index in [1.807, 2.05) is 0 Å². The highest BCUT2D eigenvalue weighted by Crippen LogP contribution is 2.35. The van der Waals surface area contributed by atoms with Gasteiger partial charge in [-0.05, 0) is 40.5 Å². The Morgan fingerprint density at radius 3 is 2.33 bits per heavy atom. The Bertz CT molecular complexity index is 349. The van der Waals surface area contributed by atoms with Gasteiger partial charge >= 0.3 is 12.1 Å². The molecule has 0 aromatic heterocycles. The van der Waals surface area contributed by atoms with E-state index in [1.54, 1.807) is 20.8 Å². The third-order valence-corrected chi connectivity index (χ3v) is 3.02. The van der Waals surface area contributed by atoms with E-state index in [1.165, 1.54) is 18.9 Å². The number of carbonyl (C=O) groups is 2. The van der Waals surface area contributed by atoms with Crippen molar-refractivity contribution in [3.8, 4) is 0 Å². The van der Waals surface area contributed by atoms with Crippen molar-refractivity contribution in [3.63, 3.8) is 0 Å². The molecule has 0 aliphatic carbocycles. The van der Waals surface area contributed by atoms with Crippen LogP contribution >= 0.6 is 0 Å². The van der Waals surface area contributed by atoms with E-state index in [2.05, 4.69) is 0 Å². The number of hydrogen-bond donors (Lipinski definition) is 1. The first-order valence-electron chi connectivity index (χ1n) is 5.90. The smallest absolute Gasteiger partial charge is 0.413 e. The lowest BCUT2D eigenvalue weighted by molar-refractivity contribution is -0.152. The van der Waals surface area contributed by atoms with Gasteiger partial charge in [0, 0.05) is 7.11 Å². The van der Waals surface area contributed by atoms with E-state index >= 15 is 0 Å². The van der Waals surface area contributed by atoms with Crippen molar-refractivity contribution in [1.29, 1.82) is 0 Å². The first-order chi connectivity index (χ1) is 8.12. The van der Waals surface area contributed by atoms with Crippen LogP contribution in [0.2, 0.25) is 0 Å². The highest BCUT2D eigenvalue weighted by Gasteiger charge is 2.52. The van der Waals surface area contributed by atoms with Gasteiger partial charge in [0.15, 0.2) is 0 Å². The predicted octanol–water partition coefficient (Wildman–Crippen LogP) is 1.83. The van der Waals surface area contributed by atoms with Crippen molar-refractivity contribution in [2.24, 2.45) is 0 Å². The lowest BCUT2D eigenvalue weighted by Gasteiger charge is -2.35. The molecule has 1 unspecified atom stereocenters. The maximum atomic E-state index is 12.1. The number of nitrogens with zero attached hydrogens (tertiary/aromatic N) is 1. The first kappa shape index (κ1) is 14.8. The van der Waals surface area contributed by atoms with Crippen molar-refractivity contribution in [2.75, 3.05) is 7.11 Å². The molecule has 1 heterocycles. The third kappa shape index (κ3) is 2.75. The van der Waals surface area contributed by atoms with Gasteiger partial charge in [-0.3, -0.25) is 4.90 Å². The van der Waals surface area contributed by atoms with Crippen molar-refractivity contribution >= 4 is 12.1 Å². The van der Waals surface area contributed by atoms with Crippen molar-refractivity contribution < 1.29 is 24.2 Å². The number of carbonyl (C=O) groups excluding carboxylic acids is 1. The molecule has 1 aliphatic rings. The minimum atomic E-state index is -1.27. The lowest BCUT2D eigenvalue weighted by Crippen LogP contribution is -2.55. The van der Waals surface area contributed by atoms with Crippen molar-refractivity contribution in [2.45, 2.75) is 57.9 Å². The van der Waals surface area contributed by atoms with Crippen molar-refractivity contribution in [1.82, 2.24) is 4.90 Å². The molecule has 1 N–H and O–H groups in total. The van der Waals surface area contributed by atoms with Gasteiger partial charge in [-0.15, -0.1) is 0 Å². The van der Waals surface area contributed by atoms with Crippen LogP contribution in [0.25, 0.3) is 0 Å². The van der Waals surface area contributed by atoms with Crippen LogP contribution in [0.1, 0.15) is 40.5 Å². The number of likely N-dealkylation sites (tertiary alicyclic amines) is 1. The Kier molecular flexibility index (Phi) is 3.90. The van der Waals surface area contributed by atoms with Gasteiger partial charge in [0.25, 0.3) is 0 Å². The zero-order valence-electron chi connectivity index (χ0n) is 11.5. The fourth-order valence-corrected chi connectivity index (χ4v) is 2.04. The minimum Gasteiger partial charge on any atom is -0.480 e. The highest BCUT2D eigenvalue weighted by atomic mass is 16.6. The van der Waals surface area contributed by atoms with Gasteiger partial charge in [-0.1, -0.05) is 0 Å². The highest BCUT2D eigenvalue weighted by molar-refractivity contribution is 5.85. The van der Waals surface area contributed by atoms with Crippen LogP contribution in [-0.4, -0.2) is 46.5 Å². The van der Waals surface area contributed by atoms with E-state index in [9.17, 15) is 14.7 Å². The summed E-state index contributed by atoms with van der Waals surface area (Å²) in [6.45, 7) is 6.72. The lowest BCUT2D eigenvalue weighted by atomic mass is 10.00. The van der Waals surface area contributed by atoms with Crippen LogP contribution in [0.3, 0.4) is 0 Å². The van der Waals surface area contributed by atoms with Gasteiger partial charge in [0.05, 0.1) is 0 Å². The molecule has 104 valence electrons. The Morgan fingerprint density at radius 1 is 1.39 bits per heavy atom.